The van der Waals surface area contributed by atoms with Crippen LogP contribution in [0.5, 0.6) is 5.75 Å². The van der Waals surface area contributed by atoms with E-state index in [2.05, 4.69) is 20.2 Å². The summed E-state index contributed by atoms with van der Waals surface area (Å²) in [5.74, 6) is 0.488. The van der Waals surface area contributed by atoms with Crippen molar-refractivity contribution >= 4 is 39.3 Å². The second-order valence-electron chi connectivity index (χ2n) is 10.1. The number of methoxy groups -OCH3 is 1. The summed E-state index contributed by atoms with van der Waals surface area (Å²) >= 11 is 0. The van der Waals surface area contributed by atoms with Crippen LogP contribution in [0, 0.1) is 0 Å². The highest BCUT2D eigenvalue weighted by Gasteiger charge is 2.22. The molecule has 1 amide bonds. The van der Waals surface area contributed by atoms with Crippen LogP contribution in [0.4, 0.5) is 11.5 Å². The molecule has 0 aliphatic carbocycles. The van der Waals surface area contributed by atoms with Gasteiger partial charge in [-0.2, -0.15) is 5.10 Å². The number of aryl methyl sites for hydroxylation is 1. The van der Waals surface area contributed by atoms with Gasteiger partial charge in [0.05, 0.1) is 44.0 Å². The fourth-order valence-corrected chi connectivity index (χ4v) is 5.33. The van der Waals surface area contributed by atoms with E-state index < -0.39 is 6.10 Å². The zero-order chi connectivity index (χ0) is 28.5. The number of para-hydroxylation sites is 1. The van der Waals surface area contributed by atoms with Crippen LogP contribution in [0.15, 0.2) is 54.9 Å². The fourth-order valence-electron chi connectivity index (χ4n) is 5.33. The number of benzene rings is 2. The molecule has 5 aromatic rings. The van der Waals surface area contributed by atoms with E-state index in [1.165, 1.54) is 6.33 Å². The molecule has 41 heavy (non-hydrogen) atoms. The number of nitrogen functional groups attached to an aromatic ring is 1. The highest BCUT2D eigenvalue weighted by atomic mass is 16.5. The van der Waals surface area contributed by atoms with Crippen molar-refractivity contribution in [3.05, 3.63) is 60.6 Å². The van der Waals surface area contributed by atoms with Crippen LogP contribution in [-0.2, 0) is 18.3 Å². The number of aliphatic hydroxyl groups excluding tert-OH is 1. The van der Waals surface area contributed by atoms with Gasteiger partial charge in [0.1, 0.15) is 29.3 Å². The summed E-state index contributed by atoms with van der Waals surface area (Å²) in [5, 5.41) is 20.2. The molecule has 12 heteroatoms. The van der Waals surface area contributed by atoms with E-state index in [0.717, 1.165) is 24.0 Å². The van der Waals surface area contributed by atoms with E-state index in [-0.39, 0.29) is 18.3 Å². The number of carbonyl (C=O) groups excluding carboxylic acids is 1. The normalized spacial score (nSPS) is 14.9. The highest BCUT2D eigenvalue weighted by molar-refractivity contribution is 6.07. The lowest BCUT2D eigenvalue weighted by Crippen LogP contribution is -2.42. The SMILES string of the molecule is COc1cc(-c2nn(CC(O)CN3CCOCC3)c3ncnc(N)c23)ccc1NC(=O)c1cc2ccccc2n1C. The Morgan fingerprint density at radius 2 is 1.95 bits per heavy atom. The average Bonchev–Trinajstić information content (AvgIpc) is 3.52. The minimum Gasteiger partial charge on any atom is -0.495 e. The number of nitrogens with one attached hydrogen (secondary N) is 1. The maximum atomic E-state index is 13.2. The molecule has 6 rings (SSSR count). The molecular formula is C29H32N8O4. The second kappa shape index (κ2) is 11.2. The molecule has 1 unspecified atom stereocenters. The van der Waals surface area contributed by atoms with Crippen molar-refractivity contribution in [2.45, 2.75) is 12.6 Å². The Kier molecular flexibility index (Phi) is 7.26. The van der Waals surface area contributed by atoms with Gasteiger partial charge in [-0.1, -0.05) is 24.3 Å². The third-order valence-corrected chi connectivity index (χ3v) is 7.42. The molecule has 0 spiro atoms. The molecule has 1 aliphatic rings. The minimum atomic E-state index is -0.665. The number of aromatic nitrogens is 5. The van der Waals surface area contributed by atoms with Crippen LogP contribution in [0.3, 0.4) is 0 Å². The van der Waals surface area contributed by atoms with E-state index in [1.807, 2.05) is 48.0 Å². The molecule has 4 N–H and O–H groups in total. The molecule has 4 heterocycles. The fraction of sp³-hybridized carbons (Fsp3) is 0.310. The van der Waals surface area contributed by atoms with Crippen molar-refractivity contribution in [3.8, 4) is 17.0 Å². The lowest BCUT2D eigenvalue weighted by Gasteiger charge is -2.28. The summed E-state index contributed by atoms with van der Waals surface area (Å²) in [7, 11) is 3.41. The topological polar surface area (TPSA) is 146 Å². The molecule has 12 nitrogen and oxygen atoms in total. The molecule has 0 saturated carbocycles. The summed E-state index contributed by atoms with van der Waals surface area (Å²) in [6.07, 6.45) is 0.724. The largest absolute Gasteiger partial charge is 0.495 e. The summed E-state index contributed by atoms with van der Waals surface area (Å²) < 4.78 is 14.6. The van der Waals surface area contributed by atoms with E-state index >= 15 is 0 Å². The summed E-state index contributed by atoms with van der Waals surface area (Å²) in [4.78, 5) is 24.0. The molecular weight excluding hydrogens is 524 g/mol. The predicted molar refractivity (Wildman–Crippen MR) is 156 cm³/mol. The third-order valence-electron chi connectivity index (χ3n) is 7.42. The number of rotatable bonds is 8. The van der Waals surface area contributed by atoms with Gasteiger partial charge < -0.3 is 30.2 Å². The summed E-state index contributed by atoms with van der Waals surface area (Å²) in [5.41, 5.74) is 10.1. The van der Waals surface area contributed by atoms with Gasteiger partial charge in [-0.25, -0.2) is 14.6 Å². The number of ether oxygens (including phenoxy) is 2. The van der Waals surface area contributed by atoms with Gasteiger partial charge in [0.25, 0.3) is 5.91 Å². The molecule has 3 aromatic heterocycles. The monoisotopic (exact) mass is 556 g/mol. The number of hydrogen-bond donors (Lipinski definition) is 3. The van der Waals surface area contributed by atoms with Crippen LogP contribution < -0.4 is 15.8 Å². The first-order valence-corrected chi connectivity index (χ1v) is 13.4. The van der Waals surface area contributed by atoms with E-state index in [4.69, 9.17) is 20.3 Å². The number of nitrogens with two attached hydrogens (primary N) is 1. The lowest BCUT2D eigenvalue weighted by atomic mass is 10.1. The number of carbonyl (C=O) groups is 1. The van der Waals surface area contributed by atoms with Gasteiger partial charge in [-0.05, 0) is 24.3 Å². The summed E-state index contributed by atoms with van der Waals surface area (Å²) in [6, 6.07) is 15.1. The van der Waals surface area contributed by atoms with Crippen molar-refractivity contribution in [1.29, 1.82) is 0 Å². The van der Waals surface area contributed by atoms with E-state index in [1.54, 1.807) is 23.9 Å². The van der Waals surface area contributed by atoms with Gasteiger partial charge >= 0.3 is 0 Å². The zero-order valence-corrected chi connectivity index (χ0v) is 22.9. The Morgan fingerprint density at radius 3 is 2.73 bits per heavy atom. The Bertz CT molecular complexity index is 1720. The van der Waals surface area contributed by atoms with E-state index in [0.29, 0.717) is 59.2 Å². The molecule has 1 atom stereocenters. The van der Waals surface area contributed by atoms with Crippen molar-refractivity contribution in [3.63, 3.8) is 0 Å². The number of nitrogens with zero attached hydrogens (tertiary/aromatic N) is 6. The van der Waals surface area contributed by atoms with Gasteiger partial charge in [0, 0.05) is 43.1 Å². The first kappa shape index (κ1) is 26.7. The number of morpholine rings is 1. The second-order valence-corrected chi connectivity index (χ2v) is 10.1. The molecule has 1 aliphatic heterocycles. The Morgan fingerprint density at radius 1 is 1.15 bits per heavy atom. The van der Waals surface area contributed by atoms with Gasteiger partial charge in [0.15, 0.2) is 5.65 Å². The Balaban J connectivity index is 1.29. The van der Waals surface area contributed by atoms with Crippen molar-refractivity contribution in [2.24, 2.45) is 7.05 Å². The first-order chi connectivity index (χ1) is 19.9. The Labute approximate surface area is 236 Å². The van der Waals surface area contributed by atoms with Gasteiger partial charge in [-0.3, -0.25) is 9.69 Å². The third kappa shape index (κ3) is 5.20. The minimum absolute atomic E-state index is 0.237. The molecule has 2 aromatic carbocycles. The Hall–Kier alpha value is -4.52. The lowest BCUT2D eigenvalue weighted by molar-refractivity contribution is 0.0111. The molecule has 1 fully saturated rings. The quantitative estimate of drug-likeness (QED) is 0.262. The number of β-amino-alcohol motifs (C(OH)–C–C–N with tert-alkyl or cyclic N) is 1. The van der Waals surface area contributed by atoms with Crippen LogP contribution in [0.25, 0.3) is 33.2 Å². The molecule has 0 radical (unpaired) electrons. The van der Waals surface area contributed by atoms with Crippen molar-refractivity contribution in [1.82, 2.24) is 29.2 Å². The highest BCUT2D eigenvalue weighted by Crippen LogP contribution is 2.35. The van der Waals surface area contributed by atoms with Crippen molar-refractivity contribution in [2.75, 3.05) is 51.0 Å². The van der Waals surface area contributed by atoms with Gasteiger partial charge in [0.2, 0.25) is 0 Å². The van der Waals surface area contributed by atoms with Gasteiger partial charge in [-0.15, -0.1) is 0 Å². The zero-order valence-electron chi connectivity index (χ0n) is 22.9. The number of aliphatic hydroxyl groups is 1. The van der Waals surface area contributed by atoms with E-state index in [9.17, 15) is 9.90 Å². The summed E-state index contributed by atoms with van der Waals surface area (Å²) in [6.45, 7) is 3.61. The number of amides is 1. The number of fused-ring (bicyclic) bond motifs is 2. The molecule has 212 valence electrons. The smallest absolute Gasteiger partial charge is 0.272 e. The maximum Gasteiger partial charge on any atom is 0.272 e. The van der Waals surface area contributed by atoms with Crippen molar-refractivity contribution < 1.29 is 19.4 Å². The molecule has 0 bridgehead atoms. The standard InChI is InChI=1S/C29H32N8O4/c1-35-22-6-4-3-5-18(22)13-23(35)29(39)33-21-8-7-19(14-24(21)40-2)26-25-27(30)31-17-32-28(25)37(34-26)16-20(38)15-36-9-11-41-12-10-36/h3-8,13-14,17,20,38H,9-12,15-16H2,1-2H3,(H,33,39)(H2,30,31,32). The maximum absolute atomic E-state index is 13.2. The van der Waals surface area contributed by atoms with Crippen LogP contribution in [0.2, 0.25) is 0 Å². The first-order valence-electron chi connectivity index (χ1n) is 13.4. The predicted octanol–water partition coefficient (Wildman–Crippen LogP) is 2.52. The molecule has 1 saturated heterocycles. The number of anilines is 2. The number of hydrogen-bond acceptors (Lipinski definition) is 9. The van der Waals surface area contributed by atoms with Crippen LogP contribution in [-0.4, -0.2) is 86.3 Å². The average molecular weight is 557 g/mol. The van der Waals surface area contributed by atoms with Crippen LogP contribution in [0.1, 0.15) is 10.5 Å². The van der Waals surface area contributed by atoms with Crippen LogP contribution >= 0.6 is 0 Å².